The molecule has 10 nitrogen and oxygen atoms in total. The fourth-order valence-electron chi connectivity index (χ4n) is 3.76. The van der Waals surface area contributed by atoms with Crippen molar-refractivity contribution < 1.29 is 33.8 Å². The van der Waals surface area contributed by atoms with Crippen molar-refractivity contribution in [1.82, 2.24) is 4.90 Å². The standard InChI is InChI=1S/C23H24N2O8/c1-31-12-4-11-24-20(15-7-10-17(32-2)18(13-15)33-3)19(22(27)23(24)28)21(26)14-5-8-16(9-6-14)25(29)30/h5-10,13,20,26H,4,11-12H2,1-3H3/b21-19-. The summed E-state index contributed by atoms with van der Waals surface area (Å²) in [4.78, 5) is 37.6. The highest BCUT2D eigenvalue weighted by molar-refractivity contribution is 6.46. The topological polar surface area (TPSA) is 128 Å². The molecule has 0 bridgehead atoms. The highest BCUT2D eigenvalue weighted by Gasteiger charge is 2.46. The van der Waals surface area contributed by atoms with Gasteiger partial charge in [-0.15, -0.1) is 0 Å². The third-order valence-corrected chi connectivity index (χ3v) is 5.36. The average molecular weight is 456 g/mol. The molecule has 2 aromatic carbocycles. The summed E-state index contributed by atoms with van der Waals surface area (Å²) < 4.78 is 15.7. The number of nitrogens with zero attached hydrogens (tertiary/aromatic N) is 2. The van der Waals surface area contributed by atoms with Crippen molar-refractivity contribution in [2.24, 2.45) is 0 Å². The van der Waals surface area contributed by atoms with Crippen molar-refractivity contribution in [2.45, 2.75) is 12.5 Å². The van der Waals surface area contributed by atoms with E-state index in [2.05, 4.69) is 0 Å². The third kappa shape index (κ3) is 4.65. The van der Waals surface area contributed by atoms with Gasteiger partial charge in [0.05, 0.1) is 30.8 Å². The number of non-ortho nitro benzene ring substituents is 1. The molecule has 1 N–H and O–H groups in total. The summed E-state index contributed by atoms with van der Waals surface area (Å²) in [5, 5.41) is 22.0. The van der Waals surface area contributed by atoms with Crippen LogP contribution in [0.1, 0.15) is 23.6 Å². The van der Waals surface area contributed by atoms with Crippen LogP contribution >= 0.6 is 0 Å². The van der Waals surface area contributed by atoms with E-state index in [4.69, 9.17) is 14.2 Å². The summed E-state index contributed by atoms with van der Waals surface area (Å²) in [6, 6.07) is 9.18. The van der Waals surface area contributed by atoms with Crippen molar-refractivity contribution in [2.75, 3.05) is 34.5 Å². The van der Waals surface area contributed by atoms with Crippen LogP contribution < -0.4 is 9.47 Å². The second-order valence-electron chi connectivity index (χ2n) is 7.26. The number of ether oxygens (including phenoxy) is 3. The Kier molecular flexibility index (Phi) is 7.29. The Balaban J connectivity index is 2.15. The van der Waals surface area contributed by atoms with Crippen molar-refractivity contribution in [1.29, 1.82) is 0 Å². The van der Waals surface area contributed by atoms with E-state index in [0.29, 0.717) is 30.1 Å². The Morgan fingerprint density at radius 1 is 1.06 bits per heavy atom. The van der Waals surface area contributed by atoms with E-state index in [-0.39, 0.29) is 23.4 Å². The van der Waals surface area contributed by atoms with Gasteiger partial charge in [0.25, 0.3) is 17.4 Å². The number of amides is 1. The Labute approximate surface area is 190 Å². The van der Waals surface area contributed by atoms with Gasteiger partial charge in [0.15, 0.2) is 11.5 Å². The third-order valence-electron chi connectivity index (χ3n) is 5.36. The highest BCUT2D eigenvalue weighted by Crippen LogP contribution is 2.42. The van der Waals surface area contributed by atoms with Gasteiger partial charge in [-0.05, 0) is 36.2 Å². The zero-order valence-corrected chi connectivity index (χ0v) is 18.4. The molecule has 2 aromatic rings. The lowest BCUT2D eigenvalue weighted by Crippen LogP contribution is -2.31. The Hall–Kier alpha value is -3.92. The van der Waals surface area contributed by atoms with Crippen LogP contribution in [0.2, 0.25) is 0 Å². The number of carbonyl (C=O) groups excluding carboxylic acids is 2. The minimum absolute atomic E-state index is 0.113. The molecule has 0 radical (unpaired) electrons. The average Bonchev–Trinajstić information content (AvgIpc) is 3.08. The predicted molar refractivity (Wildman–Crippen MR) is 118 cm³/mol. The van der Waals surface area contributed by atoms with Gasteiger partial charge in [0, 0.05) is 38.0 Å². The normalized spacial score (nSPS) is 17.3. The lowest BCUT2D eigenvalue weighted by atomic mass is 9.95. The first-order valence-electron chi connectivity index (χ1n) is 10.1. The molecule has 0 aliphatic carbocycles. The molecule has 1 saturated heterocycles. The maximum absolute atomic E-state index is 13.0. The Bertz CT molecular complexity index is 1090. The van der Waals surface area contributed by atoms with E-state index in [0.717, 1.165) is 0 Å². The first-order valence-corrected chi connectivity index (χ1v) is 10.1. The van der Waals surface area contributed by atoms with Crippen LogP contribution in [0.4, 0.5) is 5.69 Å². The largest absolute Gasteiger partial charge is 0.507 e. The Morgan fingerprint density at radius 2 is 1.73 bits per heavy atom. The zero-order valence-electron chi connectivity index (χ0n) is 18.4. The molecule has 0 spiro atoms. The number of carbonyl (C=O) groups is 2. The number of aliphatic hydroxyl groups is 1. The summed E-state index contributed by atoms with van der Waals surface area (Å²) in [6.45, 7) is 0.596. The van der Waals surface area contributed by atoms with Gasteiger partial charge in [-0.1, -0.05) is 6.07 Å². The summed E-state index contributed by atoms with van der Waals surface area (Å²) in [7, 11) is 4.49. The molecule has 1 aliphatic rings. The van der Waals surface area contributed by atoms with Crippen molar-refractivity contribution >= 4 is 23.1 Å². The maximum atomic E-state index is 13.0. The summed E-state index contributed by atoms with van der Waals surface area (Å²) in [5.41, 5.74) is 0.440. The maximum Gasteiger partial charge on any atom is 0.295 e. The van der Waals surface area contributed by atoms with Crippen LogP contribution in [0, 0.1) is 10.1 Å². The second-order valence-corrected chi connectivity index (χ2v) is 7.26. The van der Waals surface area contributed by atoms with Crippen molar-refractivity contribution in [3.63, 3.8) is 0 Å². The quantitative estimate of drug-likeness (QED) is 0.152. The predicted octanol–water partition coefficient (Wildman–Crippen LogP) is 3.07. The number of nitro benzene ring substituents is 1. The van der Waals surface area contributed by atoms with Gasteiger partial charge in [0.1, 0.15) is 5.76 Å². The minimum Gasteiger partial charge on any atom is -0.507 e. The molecule has 1 aliphatic heterocycles. The molecule has 33 heavy (non-hydrogen) atoms. The fraction of sp³-hybridized carbons (Fsp3) is 0.304. The molecular weight excluding hydrogens is 432 g/mol. The molecular formula is C23H24N2O8. The number of aliphatic hydroxyl groups excluding tert-OH is 1. The van der Waals surface area contributed by atoms with Crippen LogP contribution in [0.3, 0.4) is 0 Å². The first-order chi connectivity index (χ1) is 15.8. The van der Waals surface area contributed by atoms with E-state index in [1.165, 1.54) is 50.5 Å². The molecule has 0 saturated carbocycles. The lowest BCUT2D eigenvalue weighted by Gasteiger charge is -2.26. The van der Waals surface area contributed by atoms with Gasteiger partial charge < -0.3 is 24.2 Å². The van der Waals surface area contributed by atoms with E-state index in [1.807, 2.05) is 0 Å². The fourth-order valence-corrected chi connectivity index (χ4v) is 3.76. The number of rotatable bonds is 9. The zero-order chi connectivity index (χ0) is 24.1. The monoisotopic (exact) mass is 456 g/mol. The summed E-state index contributed by atoms with van der Waals surface area (Å²) in [6.07, 6.45) is 0.477. The number of nitro groups is 1. The van der Waals surface area contributed by atoms with Crippen LogP contribution in [-0.4, -0.2) is 61.1 Å². The summed E-state index contributed by atoms with van der Waals surface area (Å²) in [5.74, 6) is -1.16. The van der Waals surface area contributed by atoms with Gasteiger partial charge >= 0.3 is 0 Å². The number of likely N-dealkylation sites (tertiary alicyclic amines) is 1. The summed E-state index contributed by atoms with van der Waals surface area (Å²) >= 11 is 0. The number of hydrogen-bond acceptors (Lipinski definition) is 8. The number of Topliss-reactive ketones (excluding diaryl/α,β-unsaturated/α-hetero) is 1. The van der Waals surface area contributed by atoms with Crippen molar-refractivity contribution in [3.8, 4) is 11.5 Å². The van der Waals surface area contributed by atoms with Gasteiger partial charge in [0.2, 0.25) is 0 Å². The molecule has 1 heterocycles. The second kappa shape index (κ2) is 10.1. The van der Waals surface area contributed by atoms with Crippen LogP contribution in [0.15, 0.2) is 48.0 Å². The van der Waals surface area contributed by atoms with Gasteiger partial charge in [-0.2, -0.15) is 0 Å². The van der Waals surface area contributed by atoms with Crippen molar-refractivity contribution in [3.05, 3.63) is 69.3 Å². The van der Waals surface area contributed by atoms with Gasteiger partial charge in [-0.25, -0.2) is 0 Å². The Morgan fingerprint density at radius 3 is 2.30 bits per heavy atom. The highest BCUT2D eigenvalue weighted by atomic mass is 16.6. The van der Waals surface area contributed by atoms with Crippen LogP contribution in [0.5, 0.6) is 11.5 Å². The SMILES string of the molecule is COCCCN1C(=O)C(=O)/C(=C(\O)c2ccc([N+](=O)[O-])cc2)C1c1ccc(OC)c(OC)c1. The van der Waals surface area contributed by atoms with Crippen LogP contribution in [0.25, 0.3) is 5.76 Å². The molecule has 0 aromatic heterocycles. The molecule has 10 heteroatoms. The number of benzene rings is 2. The molecule has 3 rings (SSSR count). The van der Waals surface area contributed by atoms with E-state index < -0.39 is 28.4 Å². The molecule has 1 unspecified atom stereocenters. The molecule has 174 valence electrons. The number of ketones is 1. The van der Waals surface area contributed by atoms with E-state index in [9.17, 15) is 24.8 Å². The number of methoxy groups -OCH3 is 3. The van der Waals surface area contributed by atoms with Gasteiger partial charge in [-0.3, -0.25) is 19.7 Å². The number of hydrogen-bond donors (Lipinski definition) is 1. The smallest absolute Gasteiger partial charge is 0.295 e. The van der Waals surface area contributed by atoms with E-state index in [1.54, 1.807) is 18.2 Å². The molecule has 1 amide bonds. The molecule has 1 fully saturated rings. The van der Waals surface area contributed by atoms with E-state index >= 15 is 0 Å². The van der Waals surface area contributed by atoms with Crippen LogP contribution in [-0.2, 0) is 14.3 Å². The lowest BCUT2D eigenvalue weighted by molar-refractivity contribution is -0.384. The first kappa shape index (κ1) is 23.7. The molecule has 1 atom stereocenters. The minimum atomic E-state index is -0.892.